The van der Waals surface area contributed by atoms with Gasteiger partial charge in [-0.3, -0.25) is 0 Å². The first kappa shape index (κ1) is 12.6. The number of hydrogen-bond acceptors (Lipinski definition) is 5. The maximum atomic E-state index is 5.88. The van der Waals surface area contributed by atoms with Gasteiger partial charge in [0.05, 0.1) is 11.1 Å². The quantitative estimate of drug-likeness (QED) is 0.940. The smallest absolute Gasteiger partial charge is 0.249 e. The molecule has 0 aliphatic carbocycles. The number of halogens is 1. The zero-order valence-electron chi connectivity index (χ0n) is 9.76. The van der Waals surface area contributed by atoms with Gasteiger partial charge >= 0.3 is 0 Å². The largest absolute Gasteiger partial charge is 0.476 e. The Morgan fingerprint density at radius 2 is 1.94 bits per heavy atom. The molecule has 0 saturated carbocycles. The van der Waals surface area contributed by atoms with E-state index in [1.165, 1.54) is 6.33 Å². The van der Waals surface area contributed by atoms with Crippen molar-refractivity contribution in [3.8, 4) is 17.5 Å². The Kier molecular flexibility index (Phi) is 3.99. The predicted octanol–water partition coefficient (Wildman–Crippen LogP) is 3.01. The second kappa shape index (κ2) is 5.68. The van der Waals surface area contributed by atoms with E-state index in [-0.39, 0.29) is 11.6 Å². The van der Waals surface area contributed by atoms with Gasteiger partial charge in [0.1, 0.15) is 12.1 Å². The fraction of sp³-hybridized carbons (Fsp3) is 0.167. The molecule has 5 nitrogen and oxygen atoms in total. The minimum atomic E-state index is 0.278. The first-order chi connectivity index (χ1) is 8.72. The third kappa shape index (κ3) is 2.70. The molecule has 2 rings (SSSR count). The van der Waals surface area contributed by atoms with Crippen LogP contribution in [-0.2, 0) is 0 Å². The van der Waals surface area contributed by atoms with E-state index < -0.39 is 0 Å². The summed E-state index contributed by atoms with van der Waals surface area (Å²) < 4.78 is 11.7. The maximum Gasteiger partial charge on any atom is 0.249 e. The van der Waals surface area contributed by atoms with Gasteiger partial charge in [-0.05, 0) is 35.0 Å². The Morgan fingerprint density at radius 3 is 2.67 bits per heavy atom. The molecular formula is C12H12BrN3O2. The zero-order chi connectivity index (χ0) is 13.0. The third-order valence-corrected chi connectivity index (χ3v) is 2.79. The van der Waals surface area contributed by atoms with E-state index in [1.807, 2.05) is 31.2 Å². The van der Waals surface area contributed by atoms with Gasteiger partial charge in [-0.15, -0.1) is 0 Å². The fourth-order valence-electron chi connectivity index (χ4n) is 1.33. The second-order valence-corrected chi connectivity index (χ2v) is 4.22. The molecule has 0 fully saturated rings. The van der Waals surface area contributed by atoms with Crippen LogP contribution in [0.15, 0.2) is 35.1 Å². The van der Waals surface area contributed by atoms with Crippen LogP contribution < -0.4 is 15.2 Å². The molecule has 0 aliphatic rings. The lowest BCUT2D eigenvalue weighted by molar-refractivity contribution is 0.325. The topological polar surface area (TPSA) is 70.3 Å². The van der Waals surface area contributed by atoms with Gasteiger partial charge in [0.2, 0.25) is 11.8 Å². The number of aromatic nitrogens is 2. The van der Waals surface area contributed by atoms with E-state index in [0.29, 0.717) is 18.2 Å². The molecule has 94 valence electrons. The molecule has 1 aromatic heterocycles. The maximum absolute atomic E-state index is 5.88. The Hall–Kier alpha value is -1.82. The first-order valence-corrected chi connectivity index (χ1v) is 6.17. The van der Waals surface area contributed by atoms with Crippen molar-refractivity contribution in [2.24, 2.45) is 0 Å². The molecule has 0 radical (unpaired) electrons. The number of hydrogen-bond donors (Lipinski definition) is 1. The van der Waals surface area contributed by atoms with Gasteiger partial charge in [0.25, 0.3) is 0 Å². The van der Waals surface area contributed by atoms with Crippen molar-refractivity contribution in [3.63, 3.8) is 0 Å². The minimum absolute atomic E-state index is 0.278. The predicted molar refractivity (Wildman–Crippen MR) is 71.8 cm³/mol. The van der Waals surface area contributed by atoms with Crippen molar-refractivity contribution in [3.05, 3.63) is 35.1 Å². The highest BCUT2D eigenvalue weighted by Crippen LogP contribution is 2.33. The van der Waals surface area contributed by atoms with Crippen LogP contribution in [0.3, 0.4) is 0 Å². The minimum Gasteiger partial charge on any atom is -0.476 e. The summed E-state index contributed by atoms with van der Waals surface area (Å²) in [4.78, 5) is 7.94. The number of nitrogen functional groups attached to an aromatic ring is 1. The zero-order valence-corrected chi connectivity index (χ0v) is 11.3. The summed E-state index contributed by atoms with van der Waals surface area (Å²) in [6, 6.07) is 7.44. The van der Waals surface area contributed by atoms with Gasteiger partial charge in [0, 0.05) is 0 Å². The van der Waals surface area contributed by atoms with Crippen molar-refractivity contribution in [2.45, 2.75) is 6.92 Å². The molecule has 0 atom stereocenters. The lowest BCUT2D eigenvalue weighted by Gasteiger charge is -2.10. The molecule has 6 heteroatoms. The van der Waals surface area contributed by atoms with E-state index in [2.05, 4.69) is 25.9 Å². The molecule has 18 heavy (non-hydrogen) atoms. The van der Waals surface area contributed by atoms with Gasteiger partial charge in [-0.25, -0.2) is 0 Å². The number of anilines is 1. The molecule has 0 amide bonds. The average Bonchev–Trinajstić information content (AvgIpc) is 2.37. The molecule has 0 aliphatic heterocycles. The Morgan fingerprint density at radius 1 is 1.22 bits per heavy atom. The van der Waals surface area contributed by atoms with E-state index in [1.54, 1.807) is 0 Å². The highest BCUT2D eigenvalue weighted by molar-refractivity contribution is 9.10. The Bertz CT molecular complexity index is 549. The SMILES string of the molecule is CCOc1ncnc(Oc2ccccc2Br)c1N. The third-order valence-electron chi connectivity index (χ3n) is 2.14. The number of nitrogens with two attached hydrogens (primary N) is 1. The molecule has 0 saturated heterocycles. The summed E-state index contributed by atoms with van der Waals surface area (Å²) in [6.07, 6.45) is 1.35. The van der Waals surface area contributed by atoms with Crippen molar-refractivity contribution in [1.29, 1.82) is 0 Å². The highest BCUT2D eigenvalue weighted by atomic mass is 79.9. The Labute approximate surface area is 113 Å². The lowest BCUT2D eigenvalue weighted by Crippen LogP contribution is -2.03. The van der Waals surface area contributed by atoms with Gasteiger partial charge < -0.3 is 15.2 Å². The highest BCUT2D eigenvalue weighted by Gasteiger charge is 2.12. The number of rotatable bonds is 4. The van der Waals surface area contributed by atoms with E-state index >= 15 is 0 Å². The fourth-order valence-corrected chi connectivity index (χ4v) is 1.69. The number of benzene rings is 1. The summed E-state index contributed by atoms with van der Waals surface area (Å²) in [5.74, 6) is 1.24. The second-order valence-electron chi connectivity index (χ2n) is 3.36. The molecule has 2 aromatic rings. The van der Waals surface area contributed by atoms with E-state index in [0.717, 1.165) is 4.47 Å². The Balaban J connectivity index is 2.30. The lowest BCUT2D eigenvalue weighted by atomic mass is 10.3. The average molecular weight is 310 g/mol. The van der Waals surface area contributed by atoms with Crippen LogP contribution in [0.1, 0.15) is 6.92 Å². The summed E-state index contributed by atoms with van der Waals surface area (Å²) in [7, 11) is 0. The molecular weight excluding hydrogens is 298 g/mol. The normalized spacial score (nSPS) is 10.1. The molecule has 0 unspecified atom stereocenters. The van der Waals surface area contributed by atoms with Crippen molar-refractivity contribution in [2.75, 3.05) is 12.3 Å². The standard InChI is InChI=1S/C12H12BrN3O2/c1-2-17-11-10(14)12(16-7-15-11)18-9-6-4-3-5-8(9)13/h3-7H,2,14H2,1H3. The van der Waals surface area contributed by atoms with Crippen LogP contribution in [0.2, 0.25) is 0 Å². The number of para-hydroxylation sites is 1. The van der Waals surface area contributed by atoms with Crippen LogP contribution in [0, 0.1) is 0 Å². The van der Waals surface area contributed by atoms with Crippen LogP contribution in [-0.4, -0.2) is 16.6 Å². The molecule has 0 bridgehead atoms. The molecule has 0 spiro atoms. The number of ether oxygens (including phenoxy) is 2. The van der Waals surface area contributed by atoms with Crippen molar-refractivity contribution >= 4 is 21.6 Å². The van der Waals surface area contributed by atoms with E-state index in [9.17, 15) is 0 Å². The summed E-state index contributed by atoms with van der Waals surface area (Å²) in [6.45, 7) is 2.34. The van der Waals surface area contributed by atoms with E-state index in [4.69, 9.17) is 15.2 Å². The summed E-state index contributed by atoms with van der Waals surface area (Å²) in [5, 5.41) is 0. The molecule has 1 heterocycles. The molecule has 1 aromatic carbocycles. The first-order valence-electron chi connectivity index (χ1n) is 5.38. The van der Waals surface area contributed by atoms with Crippen molar-refractivity contribution < 1.29 is 9.47 Å². The summed E-state index contributed by atoms with van der Waals surface area (Å²) >= 11 is 3.39. The van der Waals surface area contributed by atoms with Crippen LogP contribution in [0.25, 0.3) is 0 Å². The van der Waals surface area contributed by atoms with Gasteiger partial charge in [-0.1, -0.05) is 12.1 Å². The van der Waals surface area contributed by atoms with Crippen molar-refractivity contribution in [1.82, 2.24) is 9.97 Å². The van der Waals surface area contributed by atoms with Crippen LogP contribution in [0.5, 0.6) is 17.5 Å². The number of nitrogens with zero attached hydrogens (tertiary/aromatic N) is 2. The monoisotopic (exact) mass is 309 g/mol. The van der Waals surface area contributed by atoms with Gasteiger partial charge in [0.15, 0.2) is 5.69 Å². The van der Waals surface area contributed by atoms with Crippen LogP contribution >= 0.6 is 15.9 Å². The van der Waals surface area contributed by atoms with Gasteiger partial charge in [-0.2, -0.15) is 9.97 Å². The summed E-state index contributed by atoms with van der Waals surface area (Å²) in [5.41, 5.74) is 6.16. The van der Waals surface area contributed by atoms with Crippen LogP contribution in [0.4, 0.5) is 5.69 Å². The molecule has 2 N–H and O–H groups in total.